The average molecular weight is 321 g/mol. The van der Waals surface area contributed by atoms with E-state index in [1.165, 1.54) is 0 Å². The highest BCUT2D eigenvalue weighted by Gasteiger charge is 2.22. The molecule has 1 saturated heterocycles. The van der Waals surface area contributed by atoms with Crippen LogP contribution in [0.4, 0.5) is 4.79 Å². The number of nitrogens with zero attached hydrogens (tertiary/aromatic N) is 1. The van der Waals surface area contributed by atoms with Crippen molar-refractivity contribution in [1.29, 1.82) is 0 Å². The summed E-state index contributed by atoms with van der Waals surface area (Å²) in [5, 5.41) is 5.73. The van der Waals surface area contributed by atoms with E-state index >= 15 is 0 Å². The molecule has 0 saturated carbocycles. The van der Waals surface area contributed by atoms with Crippen molar-refractivity contribution >= 4 is 12.0 Å². The molecule has 1 aromatic carbocycles. The number of rotatable bonds is 1. The van der Waals surface area contributed by atoms with Crippen molar-refractivity contribution in [1.82, 2.24) is 15.5 Å². The topological polar surface area (TPSA) is 70.7 Å². The Bertz CT molecular complexity index is 492. The standard InChI is InChI=1S/C9H18N2O2.C8H9NO/c1-9(2,3)13-8(12)11-6-4-10-5-7-11;1-9-8(10)7-5-3-2-4-6-7/h10H,4-7H2,1-3H3;2-6H,1H3,(H,9,10). The second-order valence-corrected chi connectivity index (χ2v) is 6.16. The summed E-state index contributed by atoms with van der Waals surface area (Å²) in [6, 6.07) is 9.11. The fraction of sp³-hybridized carbons (Fsp3) is 0.529. The molecule has 6 heteroatoms. The van der Waals surface area contributed by atoms with E-state index in [2.05, 4.69) is 10.6 Å². The Kier molecular flexibility index (Phi) is 7.54. The molecular weight excluding hydrogens is 294 g/mol. The van der Waals surface area contributed by atoms with Gasteiger partial charge in [0, 0.05) is 38.8 Å². The number of carbonyl (C=O) groups is 2. The molecule has 1 fully saturated rings. The Morgan fingerprint density at radius 3 is 2.17 bits per heavy atom. The maximum absolute atomic E-state index is 11.5. The number of amides is 2. The molecule has 1 aliphatic rings. The van der Waals surface area contributed by atoms with Crippen molar-refractivity contribution in [2.45, 2.75) is 26.4 Å². The van der Waals surface area contributed by atoms with E-state index < -0.39 is 0 Å². The Morgan fingerprint density at radius 1 is 1.13 bits per heavy atom. The highest BCUT2D eigenvalue weighted by atomic mass is 16.6. The zero-order valence-electron chi connectivity index (χ0n) is 14.4. The zero-order chi connectivity index (χ0) is 17.3. The molecule has 2 N–H and O–H groups in total. The molecule has 0 bridgehead atoms. The zero-order valence-corrected chi connectivity index (χ0v) is 14.4. The molecule has 0 radical (unpaired) electrons. The minimum atomic E-state index is -0.387. The quantitative estimate of drug-likeness (QED) is 0.828. The Labute approximate surface area is 138 Å². The van der Waals surface area contributed by atoms with Gasteiger partial charge in [-0.15, -0.1) is 0 Å². The van der Waals surface area contributed by atoms with Gasteiger partial charge in [-0.2, -0.15) is 0 Å². The third-order valence-electron chi connectivity index (χ3n) is 3.03. The number of nitrogens with one attached hydrogen (secondary N) is 2. The van der Waals surface area contributed by atoms with E-state index in [9.17, 15) is 9.59 Å². The van der Waals surface area contributed by atoms with E-state index in [1.807, 2.05) is 39.0 Å². The van der Waals surface area contributed by atoms with Crippen molar-refractivity contribution in [2.24, 2.45) is 0 Å². The second kappa shape index (κ2) is 9.15. The van der Waals surface area contributed by atoms with Gasteiger partial charge in [-0.25, -0.2) is 4.79 Å². The monoisotopic (exact) mass is 321 g/mol. The highest BCUT2D eigenvalue weighted by Crippen LogP contribution is 2.09. The summed E-state index contributed by atoms with van der Waals surface area (Å²) < 4.78 is 5.24. The van der Waals surface area contributed by atoms with E-state index in [1.54, 1.807) is 24.1 Å². The molecule has 0 aromatic heterocycles. The number of carbonyl (C=O) groups excluding carboxylic acids is 2. The molecule has 1 aromatic rings. The van der Waals surface area contributed by atoms with Crippen LogP contribution in [0.15, 0.2) is 30.3 Å². The summed E-state index contributed by atoms with van der Waals surface area (Å²) in [5.41, 5.74) is 0.312. The molecule has 2 rings (SSSR count). The lowest BCUT2D eigenvalue weighted by atomic mass is 10.2. The smallest absolute Gasteiger partial charge is 0.410 e. The molecule has 1 heterocycles. The van der Waals surface area contributed by atoms with Crippen LogP contribution in [0, 0.1) is 0 Å². The van der Waals surface area contributed by atoms with E-state index in [-0.39, 0.29) is 17.6 Å². The van der Waals surface area contributed by atoms with Crippen molar-refractivity contribution in [2.75, 3.05) is 33.2 Å². The van der Waals surface area contributed by atoms with Crippen LogP contribution >= 0.6 is 0 Å². The van der Waals surface area contributed by atoms with Gasteiger partial charge >= 0.3 is 6.09 Å². The van der Waals surface area contributed by atoms with Crippen LogP contribution in [0.5, 0.6) is 0 Å². The van der Waals surface area contributed by atoms with Gasteiger partial charge in [0.05, 0.1) is 0 Å². The maximum atomic E-state index is 11.5. The molecule has 0 spiro atoms. The van der Waals surface area contributed by atoms with Crippen molar-refractivity contribution < 1.29 is 14.3 Å². The summed E-state index contributed by atoms with van der Waals surface area (Å²) >= 11 is 0. The Balaban J connectivity index is 0.000000238. The van der Waals surface area contributed by atoms with Crippen LogP contribution < -0.4 is 10.6 Å². The van der Waals surface area contributed by atoms with Crippen LogP contribution in [0.25, 0.3) is 0 Å². The largest absolute Gasteiger partial charge is 0.444 e. The SMILES string of the molecule is CC(C)(C)OC(=O)N1CCNCC1.CNC(=O)c1ccccc1. The minimum absolute atomic E-state index is 0.0411. The summed E-state index contributed by atoms with van der Waals surface area (Å²) in [6.45, 7) is 8.86. The van der Waals surface area contributed by atoms with Gasteiger partial charge in [0.2, 0.25) is 0 Å². The maximum Gasteiger partial charge on any atom is 0.410 e. The molecule has 6 nitrogen and oxygen atoms in total. The van der Waals surface area contributed by atoms with Crippen LogP contribution in [0.2, 0.25) is 0 Å². The van der Waals surface area contributed by atoms with Gasteiger partial charge in [-0.3, -0.25) is 4.79 Å². The molecule has 23 heavy (non-hydrogen) atoms. The molecular formula is C17H27N3O3. The fourth-order valence-corrected chi connectivity index (χ4v) is 1.91. The van der Waals surface area contributed by atoms with E-state index in [0.29, 0.717) is 5.56 Å². The first kappa shape index (κ1) is 19.0. The second-order valence-electron chi connectivity index (χ2n) is 6.16. The highest BCUT2D eigenvalue weighted by molar-refractivity contribution is 5.93. The van der Waals surface area contributed by atoms with Crippen molar-refractivity contribution in [3.63, 3.8) is 0 Å². The van der Waals surface area contributed by atoms with Crippen LogP contribution in [0.1, 0.15) is 31.1 Å². The first-order valence-electron chi connectivity index (χ1n) is 7.79. The normalized spacial score (nSPS) is 14.3. The van der Waals surface area contributed by atoms with Gasteiger partial charge in [0.15, 0.2) is 0 Å². The number of piperazine rings is 1. The summed E-state index contributed by atoms with van der Waals surface area (Å²) in [6.07, 6.45) is -0.200. The van der Waals surface area contributed by atoms with Crippen LogP contribution in [0.3, 0.4) is 0 Å². The average Bonchev–Trinajstić information content (AvgIpc) is 2.55. The van der Waals surface area contributed by atoms with Crippen molar-refractivity contribution in [3.05, 3.63) is 35.9 Å². The summed E-state index contributed by atoms with van der Waals surface area (Å²) in [5.74, 6) is -0.0411. The lowest BCUT2D eigenvalue weighted by molar-refractivity contribution is 0.0229. The Morgan fingerprint density at radius 2 is 1.70 bits per heavy atom. The predicted molar refractivity (Wildman–Crippen MR) is 90.5 cm³/mol. The summed E-state index contributed by atoms with van der Waals surface area (Å²) in [4.78, 5) is 24.1. The molecule has 0 atom stereocenters. The van der Waals surface area contributed by atoms with E-state index in [0.717, 1.165) is 26.2 Å². The number of ether oxygens (including phenoxy) is 1. The molecule has 1 aliphatic heterocycles. The lowest BCUT2D eigenvalue weighted by Gasteiger charge is -2.30. The predicted octanol–water partition coefficient (Wildman–Crippen LogP) is 1.87. The van der Waals surface area contributed by atoms with Gasteiger partial charge < -0.3 is 20.3 Å². The van der Waals surface area contributed by atoms with E-state index in [4.69, 9.17) is 4.74 Å². The van der Waals surface area contributed by atoms with Gasteiger partial charge in [-0.1, -0.05) is 18.2 Å². The first-order chi connectivity index (χ1) is 10.8. The molecule has 0 unspecified atom stereocenters. The molecule has 0 aliphatic carbocycles. The molecule has 2 amide bonds. The third kappa shape index (κ3) is 7.65. The lowest BCUT2D eigenvalue weighted by Crippen LogP contribution is -2.48. The first-order valence-corrected chi connectivity index (χ1v) is 7.79. The third-order valence-corrected chi connectivity index (χ3v) is 3.03. The van der Waals surface area contributed by atoms with Crippen LogP contribution in [-0.2, 0) is 4.74 Å². The number of hydrogen-bond donors (Lipinski definition) is 2. The minimum Gasteiger partial charge on any atom is -0.444 e. The van der Waals surface area contributed by atoms with Gasteiger partial charge in [0.25, 0.3) is 5.91 Å². The summed E-state index contributed by atoms with van der Waals surface area (Å²) in [7, 11) is 1.62. The van der Waals surface area contributed by atoms with Crippen LogP contribution in [-0.4, -0.2) is 55.7 Å². The van der Waals surface area contributed by atoms with Gasteiger partial charge in [-0.05, 0) is 32.9 Å². The Hall–Kier alpha value is -2.08. The molecule has 128 valence electrons. The van der Waals surface area contributed by atoms with Crippen molar-refractivity contribution in [3.8, 4) is 0 Å². The fourth-order valence-electron chi connectivity index (χ4n) is 1.91. The van der Waals surface area contributed by atoms with Gasteiger partial charge in [0.1, 0.15) is 5.60 Å². The number of hydrogen-bond acceptors (Lipinski definition) is 4. The number of benzene rings is 1.